The standard InChI is InChI=1S/C14H21NO2/c1-11(16-2)9-12-3-5-13(6-4-12)14-10-15-7-8-17-14/h3-6,11,14-15H,7-10H2,1-2H3. The van der Waals surface area contributed by atoms with Crippen molar-refractivity contribution in [1.82, 2.24) is 5.32 Å². The molecule has 0 amide bonds. The molecule has 17 heavy (non-hydrogen) atoms. The summed E-state index contributed by atoms with van der Waals surface area (Å²) in [7, 11) is 1.75. The quantitative estimate of drug-likeness (QED) is 0.865. The van der Waals surface area contributed by atoms with Crippen LogP contribution in [0.4, 0.5) is 0 Å². The van der Waals surface area contributed by atoms with Gasteiger partial charge in [0.15, 0.2) is 0 Å². The van der Waals surface area contributed by atoms with E-state index in [0.717, 1.165) is 26.1 Å². The lowest BCUT2D eigenvalue weighted by molar-refractivity contribution is 0.0277. The number of benzene rings is 1. The van der Waals surface area contributed by atoms with Crippen LogP contribution in [-0.2, 0) is 15.9 Å². The van der Waals surface area contributed by atoms with Gasteiger partial charge in [0.1, 0.15) is 0 Å². The van der Waals surface area contributed by atoms with Gasteiger partial charge in [-0.3, -0.25) is 0 Å². The first kappa shape index (κ1) is 12.6. The zero-order valence-corrected chi connectivity index (χ0v) is 10.6. The van der Waals surface area contributed by atoms with E-state index in [-0.39, 0.29) is 12.2 Å². The molecule has 1 aliphatic rings. The van der Waals surface area contributed by atoms with E-state index < -0.39 is 0 Å². The summed E-state index contributed by atoms with van der Waals surface area (Å²) in [6.45, 7) is 4.75. The summed E-state index contributed by atoms with van der Waals surface area (Å²) in [5.41, 5.74) is 2.57. The first-order valence-corrected chi connectivity index (χ1v) is 6.23. The Morgan fingerprint density at radius 1 is 1.41 bits per heavy atom. The largest absolute Gasteiger partial charge is 0.381 e. The van der Waals surface area contributed by atoms with Crippen molar-refractivity contribution >= 4 is 0 Å². The maximum Gasteiger partial charge on any atom is 0.0949 e. The predicted molar refractivity (Wildman–Crippen MR) is 68.2 cm³/mol. The summed E-state index contributed by atoms with van der Waals surface area (Å²) < 4.78 is 11.0. The van der Waals surface area contributed by atoms with Crippen LogP contribution in [0.3, 0.4) is 0 Å². The van der Waals surface area contributed by atoms with Gasteiger partial charge in [-0.1, -0.05) is 24.3 Å². The molecule has 2 rings (SSSR count). The number of ether oxygens (including phenoxy) is 2. The highest BCUT2D eigenvalue weighted by molar-refractivity contribution is 5.25. The topological polar surface area (TPSA) is 30.5 Å². The lowest BCUT2D eigenvalue weighted by Crippen LogP contribution is -2.33. The molecule has 1 saturated heterocycles. The molecule has 0 spiro atoms. The normalized spacial score (nSPS) is 22.4. The molecule has 1 fully saturated rings. The Morgan fingerprint density at radius 3 is 2.76 bits per heavy atom. The van der Waals surface area contributed by atoms with Crippen molar-refractivity contribution in [3.05, 3.63) is 35.4 Å². The second-order valence-electron chi connectivity index (χ2n) is 4.56. The molecule has 1 aliphatic heterocycles. The fraction of sp³-hybridized carbons (Fsp3) is 0.571. The van der Waals surface area contributed by atoms with E-state index in [1.807, 2.05) is 0 Å². The van der Waals surface area contributed by atoms with E-state index in [4.69, 9.17) is 9.47 Å². The predicted octanol–water partition coefficient (Wildman–Crippen LogP) is 1.92. The van der Waals surface area contributed by atoms with Crippen LogP contribution in [0.1, 0.15) is 24.2 Å². The van der Waals surface area contributed by atoms with Gasteiger partial charge < -0.3 is 14.8 Å². The minimum atomic E-state index is 0.206. The maximum absolute atomic E-state index is 5.72. The van der Waals surface area contributed by atoms with Crippen molar-refractivity contribution < 1.29 is 9.47 Å². The minimum Gasteiger partial charge on any atom is -0.381 e. The third kappa shape index (κ3) is 3.53. The van der Waals surface area contributed by atoms with Crippen LogP contribution in [0.25, 0.3) is 0 Å². The zero-order valence-electron chi connectivity index (χ0n) is 10.6. The second kappa shape index (κ2) is 6.15. The van der Waals surface area contributed by atoms with Crippen molar-refractivity contribution in [2.75, 3.05) is 26.8 Å². The molecule has 94 valence electrons. The Hall–Kier alpha value is -0.900. The fourth-order valence-corrected chi connectivity index (χ4v) is 2.06. The lowest BCUT2D eigenvalue weighted by atomic mass is 10.0. The Bertz CT molecular complexity index is 331. The van der Waals surface area contributed by atoms with E-state index in [0.29, 0.717) is 0 Å². The van der Waals surface area contributed by atoms with Gasteiger partial charge in [-0.05, 0) is 24.5 Å². The van der Waals surface area contributed by atoms with E-state index in [1.54, 1.807) is 7.11 Å². The van der Waals surface area contributed by atoms with Gasteiger partial charge in [-0.2, -0.15) is 0 Å². The van der Waals surface area contributed by atoms with Crippen molar-refractivity contribution in [3.8, 4) is 0 Å². The average Bonchev–Trinajstić information content (AvgIpc) is 2.40. The summed E-state index contributed by atoms with van der Waals surface area (Å²) in [6, 6.07) is 8.66. The number of nitrogens with one attached hydrogen (secondary N) is 1. The monoisotopic (exact) mass is 235 g/mol. The van der Waals surface area contributed by atoms with Gasteiger partial charge in [-0.15, -0.1) is 0 Å². The summed E-state index contributed by atoms with van der Waals surface area (Å²) in [5.74, 6) is 0. The van der Waals surface area contributed by atoms with Gasteiger partial charge in [0.05, 0.1) is 18.8 Å². The van der Waals surface area contributed by atoms with E-state index in [1.165, 1.54) is 11.1 Å². The lowest BCUT2D eigenvalue weighted by Gasteiger charge is -2.24. The number of hydrogen-bond acceptors (Lipinski definition) is 3. The van der Waals surface area contributed by atoms with Crippen LogP contribution >= 0.6 is 0 Å². The first-order chi connectivity index (χ1) is 8.29. The van der Waals surface area contributed by atoms with Crippen LogP contribution in [0.2, 0.25) is 0 Å². The fourth-order valence-electron chi connectivity index (χ4n) is 2.06. The van der Waals surface area contributed by atoms with Gasteiger partial charge >= 0.3 is 0 Å². The molecular weight excluding hydrogens is 214 g/mol. The van der Waals surface area contributed by atoms with Gasteiger partial charge in [0, 0.05) is 20.2 Å². The molecule has 0 bridgehead atoms. The van der Waals surface area contributed by atoms with Crippen LogP contribution in [-0.4, -0.2) is 32.9 Å². The molecule has 3 nitrogen and oxygen atoms in total. The van der Waals surface area contributed by atoms with Crippen molar-refractivity contribution in [3.63, 3.8) is 0 Å². The molecule has 1 aromatic rings. The molecule has 2 unspecified atom stereocenters. The second-order valence-corrected chi connectivity index (χ2v) is 4.56. The summed E-state index contributed by atoms with van der Waals surface area (Å²) in [4.78, 5) is 0. The summed E-state index contributed by atoms with van der Waals surface area (Å²) in [5, 5.41) is 3.34. The van der Waals surface area contributed by atoms with Crippen LogP contribution in [0.5, 0.6) is 0 Å². The number of hydrogen-bond donors (Lipinski definition) is 1. The SMILES string of the molecule is COC(C)Cc1ccc(C2CNCCO2)cc1. The molecule has 0 aliphatic carbocycles. The Kier molecular flexibility index (Phi) is 4.54. The van der Waals surface area contributed by atoms with Crippen molar-refractivity contribution in [2.45, 2.75) is 25.6 Å². The Labute approximate surface area is 103 Å². The van der Waals surface area contributed by atoms with Gasteiger partial charge in [0.2, 0.25) is 0 Å². The molecular formula is C14H21NO2. The highest BCUT2D eigenvalue weighted by Gasteiger charge is 2.15. The summed E-state index contributed by atoms with van der Waals surface area (Å²) >= 11 is 0. The molecule has 0 aromatic heterocycles. The van der Waals surface area contributed by atoms with Gasteiger partial charge in [0.25, 0.3) is 0 Å². The number of rotatable bonds is 4. The van der Waals surface area contributed by atoms with E-state index >= 15 is 0 Å². The Balaban J connectivity index is 1.97. The minimum absolute atomic E-state index is 0.206. The highest BCUT2D eigenvalue weighted by atomic mass is 16.5. The molecule has 1 heterocycles. The molecule has 2 atom stereocenters. The summed E-state index contributed by atoms with van der Waals surface area (Å²) in [6.07, 6.45) is 1.44. The molecule has 0 saturated carbocycles. The molecule has 3 heteroatoms. The highest BCUT2D eigenvalue weighted by Crippen LogP contribution is 2.19. The Morgan fingerprint density at radius 2 is 2.18 bits per heavy atom. The maximum atomic E-state index is 5.72. The third-order valence-electron chi connectivity index (χ3n) is 3.20. The van der Waals surface area contributed by atoms with Crippen molar-refractivity contribution in [1.29, 1.82) is 0 Å². The van der Waals surface area contributed by atoms with Gasteiger partial charge in [-0.25, -0.2) is 0 Å². The number of morpholine rings is 1. The van der Waals surface area contributed by atoms with Crippen LogP contribution in [0.15, 0.2) is 24.3 Å². The van der Waals surface area contributed by atoms with Crippen molar-refractivity contribution in [2.24, 2.45) is 0 Å². The third-order valence-corrected chi connectivity index (χ3v) is 3.20. The molecule has 1 aromatic carbocycles. The molecule has 1 N–H and O–H groups in total. The first-order valence-electron chi connectivity index (χ1n) is 6.23. The van der Waals surface area contributed by atoms with E-state index in [2.05, 4.69) is 36.5 Å². The molecule has 0 radical (unpaired) electrons. The average molecular weight is 235 g/mol. The smallest absolute Gasteiger partial charge is 0.0949 e. The van der Waals surface area contributed by atoms with Crippen LogP contribution < -0.4 is 5.32 Å². The zero-order chi connectivity index (χ0) is 12.1. The van der Waals surface area contributed by atoms with E-state index in [9.17, 15) is 0 Å². The number of methoxy groups -OCH3 is 1. The van der Waals surface area contributed by atoms with Crippen LogP contribution in [0, 0.1) is 0 Å².